The van der Waals surface area contributed by atoms with E-state index in [-0.39, 0.29) is 0 Å². The monoisotopic (exact) mass is 1070 g/mol. The number of hydrogen-bond donors (Lipinski definition) is 0. The first kappa shape index (κ1) is 53.9. The highest BCUT2D eigenvalue weighted by molar-refractivity contribution is 8.00. The van der Waals surface area contributed by atoms with Gasteiger partial charge in [-0.05, 0) is 265 Å². The largest absolute Gasteiger partial charge is 0.294 e. The lowest BCUT2D eigenvalue weighted by Crippen LogP contribution is -2.55. The second kappa shape index (κ2) is 24.3. The van der Waals surface area contributed by atoms with Crippen molar-refractivity contribution in [3.8, 4) is 0 Å². The third kappa shape index (κ3) is 10.7. The van der Waals surface area contributed by atoms with Crippen molar-refractivity contribution in [2.24, 2.45) is 59.2 Å². The minimum atomic E-state index is 0.912. The first-order valence-electron chi connectivity index (χ1n) is 36.9. The summed E-state index contributed by atoms with van der Waals surface area (Å²) in [7, 11) is 0. The van der Waals surface area contributed by atoms with Crippen LogP contribution in [-0.2, 0) is 0 Å². The third-order valence-corrected chi connectivity index (χ3v) is 30.8. The molecule has 0 aromatic heterocycles. The summed E-state index contributed by atoms with van der Waals surface area (Å²) in [5.74, 6) is 10.5. The maximum absolute atomic E-state index is 3.37. The summed E-state index contributed by atoms with van der Waals surface area (Å²) in [5, 5.41) is 2.05. The van der Waals surface area contributed by atoms with Crippen LogP contribution < -0.4 is 0 Å². The molecule has 15 aliphatic rings. The van der Waals surface area contributed by atoms with E-state index in [0.717, 1.165) is 142 Å². The van der Waals surface area contributed by atoms with E-state index in [2.05, 4.69) is 31.4 Å². The van der Waals surface area contributed by atoms with Gasteiger partial charge in [-0.2, -0.15) is 11.8 Å². The van der Waals surface area contributed by atoms with Gasteiger partial charge in [-0.1, -0.05) is 103 Å². The molecule has 3 heterocycles. The Bertz CT molecular complexity index is 1700. The number of nitrogens with zero attached hydrogens (tertiary/aromatic N) is 4. The zero-order chi connectivity index (χ0) is 50.8. The number of rotatable bonds is 10. The lowest BCUT2D eigenvalue weighted by atomic mass is 9.63. The minimum Gasteiger partial charge on any atom is -0.294 e. The fourth-order valence-corrected chi connectivity index (χ4v) is 28.2. The second-order valence-electron chi connectivity index (χ2n) is 32.2. The quantitative estimate of drug-likeness (QED) is 0.216. The molecule has 16 atom stereocenters. The summed E-state index contributed by atoms with van der Waals surface area (Å²) >= 11 is 2.62. The smallest absolute Gasteiger partial charge is 0.0134 e. The average molecular weight is 1070 g/mol. The maximum atomic E-state index is 3.37. The van der Waals surface area contributed by atoms with Crippen LogP contribution in [0, 0.1) is 59.2 Å². The molecule has 434 valence electrons. The Hall–Kier alpha value is 0.190. The molecule has 0 spiro atoms. The van der Waals surface area contributed by atoms with E-state index in [1.54, 1.807) is 141 Å². The molecule has 3 saturated heterocycles. The molecule has 77 heavy (non-hydrogen) atoms. The maximum Gasteiger partial charge on any atom is 0.0134 e. The van der Waals surface area contributed by atoms with Crippen LogP contribution in [0.4, 0.5) is 0 Å². The third-order valence-electron chi connectivity index (χ3n) is 29.0. The molecule has 15 fully saturated rings. The van der Waals surface area contributed by atoms with Crippen LogP contribution in [0.2, 0.25) is 0 Å². The standard InChI is InChI=1S/C72H120N4S/c1-5-17-53(18-6-1)73(54-19-7-2-8-20-54)59-39-43-69-65(47-59)61-25-13-15-27-67(61)75(69)57-35-29-49(30-36-57)51-33-41-63-64-42-34-52(46-72(64)77-71(63)45-51)50-31-37-58(38-32-50)76-68-28-16-14-26-62(68)66-48-60(40-44-70(66)76)74(55-21-9-3-10-22-55)56-23-11-4-12-24-56/h49-72H,1-48H2. The Kier molecular flexibility index (Phi) is 17.0. The van der Waals surface area contributed by atoms with Gasteiger partial charge in [-0.3, -0.25) is 19.6 Å². The molecule has 0 radical (unpaired) electrons. The first-order valence-corrected chi connectivity index (χ1v) is 37.9. The van der Waals surface area contributed by atoms with Gasteiger partial charge in [0.05, 0.1) is 0 Å². The molecular formula is C72H120N4S. The van der Waals surface area contributed by atoms with Gasteiger partial charge >= 0.3 is 0 Å². The summed E-state index contributed by atoms with van der Waals surface area (Å²) in [6, 6.07) is 11.1. The van der Waals surface area contributed by atoms with Gasteiger partial charge in [0.25, 0.3) is 0 Å². The topological polar surface area (TPSA) is 13.0 Å². The Labute approximate surface area is 479 Å². The Balaban J connectivity index is 0.538. The van der Waals surface area contributed by atoms with E-state index in [4.69, 9.17) is 0 Å². The van der Waals surface area contributed by atoms with E-state index in [9.17, 15) is 0 Å². The van der Waals surface area contributed by atoms with Crippen LogP contribution in [-0.4, -0.2) is 103 Å². The van der Waals surface area contributed by atoms with Crippen molar-refractivity contribution in [1.29, 1.82) is 0 Å². The van der Waals surface area contributed by atoms with Crippen LogP contribution in [0.15, 0.2) is 0 Å². The highest BCUT2D eigenvalue weighted by atomic mass is 32.2. The Morgan fingerprint density at radius 3 is 0.922 bits per heavy atom. The lowest BCUT2D eigenvalue weighted by molar-refractivity contribution is -0.00877. The van der Waals surface area contributed by atoms with Crippen molar-refractivity contribution in [2.45, 2.75) is 391 Å². The van der Waals surface area contributed by atoms with E-state index in [1.807, 2.05) is 0 Å². The van der Waals surface area contributed by atoms with Crippen molar-refractivity contribution < 1.29 is 0 Å². The van der Waals surface area contributed by atoms with Gasteiger partial charge in [0.15, 0.2) is 0 Å². The van der Waals surface area contributed by atoms with Crippen molar-refractivity contribution >= 4 is 11.8 Å². The summed E-state index contributed by atoms with van der Waals surface area (Å²) in [5.41, 5.74) is 0. The van der Waals surface area contributed by atoms with Gasteiger partial charge in [0, 0.05) is 83.0 Å². The van der Waals surface area contributed by atoms with Crippen LogP contribution in [0.5, 0.6) is 0 Å². The average Bonchev–Trinajstić information content (AvgIpc) is 4.19. The van der Waals surface area contributed by atoms with Crippen molar-refractivity contribution in [1.82, 2.24) is 19.6 Å². The molecule has 12 saturated carbocycles. The number of thioether (sulfide) groups is 1. The van der Waals surface area contributed by atoms with Crippen molar-refractivity contribution in [3.63, 3.8) is 0 Å². The predicted molar refractivity (Wildman–Crippen MR) is 324 cm³/mol. The van der Waals surface area contributed by atoms with Crippen LogP contribution >= 0.6 is 11.8 Å². The molecule has 12 aliphatic carbocycles. The van der Waals surface area contributed by atoms with E-state index >= 15 is 0 Å². The summed E-state index contributed by atoms with van der Waals surface area (Å²) in [6.07, 6.45) is 74.2. The summed E-state index contributed by atoms with van der Waals surface area (Å²) < 4.78 is 0. The minimum absolute atomic E-state index is 0.912. The summed E-state index contributed by atoms with van der Waals surface area (Å²) in [6.45, 7) is 0. The molecule has 16 unspecified atom stereocenters. The molecule has 0 aromatic rings. The molecule has 15 rings (SSSR count). The zero-order valence-corrected chi connectivity index (χ0v) is 50.8. The fourth-order valence-electron chi connectivity index (χ4n) is 25.9. The van der Waals surface area contributed by atoms with Crippen LogP contribution in [0.1, 0.15) is 308 Å². The normalized spacial score (nSPS) is 48.2. The molecule has 0 bridgehead atoms. The van der Waals surface area contributed by atoms with Gasteiger partial charge in [-0.15, -0.1) is 0 Å². The molecule has 3 aliphatic heterocycles. The number of likely N-dealkylation sites (tertiary alicyclic amines) is 2. The lowest BCUT2D eigenvalue weighted by Gasteiger charge is -2.50. The zero-order valence-electron chi connectivity index (χ0n) is 50.0. The Morgan fingerprint density at radius 1 is 0.221 bits per heavy atom. The van der Waals surface area contributed by atoms with Crippen LogP contribution in [0.25, 0.3) is 0 Å². The molecule has 0 amide bonds. The Morgan fingerprint density at radius 2 is 0.545 bits per heavy atom. The second-order valence-corrected chi connectivity index (χ2v) is 33.7. The highest BCUT2D eigenvalue weighted by Gasteiger charge is 2.58. The van der Waals surface area contributed by atoms with Crippen molar-refractivity contribution in [3.05, 3.63) is 0 Å². The van der Waals surface area contributed by atoms with Crippen LogP contribution in [0.3, 0.4) is 0 Å². The SMILES string of the molecule is C1CCC(N(C2CCCCC2)C2CCC3C(C2)C2CCCCC2N3C2CCC(C3CCC4C(C3)SC3CC(C5CCC(N6C7CCCCC7C7CC(N(C8CCCCC8)C8CCCCC8)CCC76)CC5)CCC34)CC2)CC1. The molecular weight excluding hydrogens is 953 g/mol. The summed E-state index contributed by atoms with van der Waals surface area (Å²) in [4.78, 5) is 13.3. The molecule has 0 N–H and O–H groups in total. The molecule has 0 aromatic carbocycles. The van der Waals surface area contributed by atoms with Crippen molar-refractivity contribution in [2.75, 3.05) is 0 Å². The van der Waals surface area contributed by atoms with Gasteiger partial charge in [0.1, 0.15) is 0 Å². The molecule has 4 nitrogen and oxygen atoms in total. The predicted octanol–water partition coefficient (Wildman–Crippen LogP) is 18.2. The van der Waals surface area contributed by atoms with E-state index in [1.165, 1.54) is 167 Å². The highest BCUT2D eigenvalue weighted by Crippen LogP contribution is 2.61. The van der Waals surface area contributed by atoms with Gasteiger partial charge in [-0.25, -0.2) is 0 Å². The first-order chi connectivity index (χ1) is 38.2. The number of hydrogen-bond acceptors (Lipinski definition) is 5. The number of fused-ring (bicyclic) bond motifs is 9. The molecule has 5 heteroatoms. The van der Waals surface area contributed by atoms with E-state index in [0.29, 0.717) is 0 Å². The van der Waals surface area contributed by atoms with Gasteiger partial charge in [0.2, 0.25) is 0 Å². The fraction of sp³-hybridized carbons (Fsp3) is 1.00. The van der Waals surface area contributed by atoms with Gasteiger partial charge < -0.3 is 0 Å². The van der Waals surface area contributed by atoms with E-state index < -0.39 is 0 Å².